The van der Waals surface area contributed by atoms with Gasteiger partial charge in [0.05, 0.1) is 0 Å². The number of hydrogen-bond donors (Lipinski definition) is 1. The number of nitrogens with two attached hydrogens (primary N) is 1. The summed E-state index contributed by atoms with van der Waals surface area (Å²) in [5, 5.41) is 0. The molecule has 1 aromatic rings. The number of carbonyl (C=O) groups is 1. The molecule has 26 heavy (non-hydrogen) atoms. The van der Waals surface area contributed by atoms with E-state index in [1.165, 1.54) is 11.1 Å². The summed E-state index contributed by atoms with van der Waals surface area (Å²) in [4.78, 5) is 10.2. The van der Waals surface area contributed by atoms with E-state index in [4.69, 9.17) is 5.73 Å². The third-order valence-corrected chi connectivity index (χ3v) is 6.68. The third kappa shape index (κ3) is 7.16. The molecule has 2 nitrogen and oxygen atoms in total. The van der Waals surface area contributed by atoms with E-state index in [0.29, 0.717) is 0 Å². The molecule has 144 valence electrons. The minimum atomic E-state index is -0.614. The number of carbonyl (C=O) groups excluding carboxylic acids is 1. The Kier molecular flexibility index (Phi) is 10.2. The fourth-order valence-electron chi connectivity index (χ4n) is 2.78. The second kappa shape index (κ2) is 11.0. The first kappa shape index (κ1) is 24.1. The van der Waals surface area contributed by atoms with Crippen LogP contribution in [0, 0.1) is 5.41 Å². The molecule has 0 fully saturated rings. The van der Waals surface area contributed by atoms with Crippen LogP contribution in [0.5, 0.6) is 0 Å². The largest absolute Gasteiger partial charge is 0.369 e. The minimum absolute atomic E-state index is 0.257. The molecule has 0 saturated carbocycles. The molecule has 0 heterocycles. The fraction of sp³-hybridized carbons (Fsp3) is 0.435. The Bertz CT molecular complexity index is 663. The molecule has 0 saturated heterocycles. The van der Waals surface area contributed by atoms with Crippen molar-refractivity contribution >= 4 is 20.3 Å². The lowest BCUT2D eigenvalue weighted by atomic mass is 9.96. The standard InChI is InChI=1S/C13H18Si.C5H11NO.C5H8/c1-9-10(2)13(14(3)4)12-8-6-5-7-11(9)12;1-5(2,3)4(6)7;1-3-5-4-2/h5-8,13-14H,1-4H3;1-3H3,(H2,6,7);3-5H,1H2,2H3. The van der Waals surface area contributed by atoms with Gasteiger partial charge in [-0.15, -0.1) is 0 Å². The van der Waals surface area contributed by atoms with E-state index in [-0.39, 0.29) is 11.3 Å². The van der Waals surface area contributed by atoms with Crippen LogP contribution in [-0.4, -0.2) is 14.7 Å². The lowest BCUT2D eigenvalue weighted by Gasteiger charge is -2.17. The predicted octanol–water partition coefficient (Wildman–Crippen LogP) is 5.87. The number of benzene rings is 1. The Balaban J connectivity index is 0.000000439. The Hall–Kier alpha value is -1.87. The van der Waals surface area contributed by atoms with E-state index < -0.39 is 8.80 Å². The van der Waals surface area contributed by atoms with Crippen LogP contribution in [0.4, 0.5) is 0 Å². The van der Waals surface area contributed by atoms with E-state index in [1.807, 2.05) is 19.1 Å². The highest BCUT2D eigenvalue weighted by Gasteiger charge is 2.28. The van der Waals surface area contributed by atoms with Crippen molar-refractivity contribution in [2.75, 3.05) is 0 Å². The smallest absolute Gasteiger partial charge is 0.222 e. The second-order valence-corrected chi connectivity index (χ2v) is 11.1. The normalized spacial score (nSPS) is 15.8. The Morgan fingerprint density at radius 3 is 2.04 bits per heavy atom. The topological polar surface area (TPSA) is 43.1 Å². The van der Waals surface area contributed by atoms with Gasteiger partial charge in [-0.3, -0.25) is 4.79 Å². The van der Waals surface area contributed by atoms with E-state index in [1.54, 1.807) is 38.0 Å². The van der Waals surface area contributed by atoms with Crippen molar-refractivity contribution in [1.82, 2.24) is 0 Å². The molecule has 2 N–H and O–H groups in total. The first-order valence-corrected chi connectivity index (χ1v) is 12.3. The molecule has 3 heteroatoms. The monoisotopic (exact) mass is 371 g/mol. The molecular formula is C23H37NOSi. The van der Waals surface area contributed by atoms with Crippen molar-refractivity contribution in [2.45, 2.75) is 60.2 Å². The molecule has 1 atom stereocenters. The van der Waals surface area contributed by atoms with Gasteiger partial charge in [0.15, 0.2) is 0 Å². The molecule has 0 bridgehead atoms. The number of allylic oxidation sites excluding steroid dienone is 5. The van der Waals surface area contributed by atoms with Crippen molar-refractivity contribution in [3.05, 3.63) is 65.8 Å². The number of primary amides is 1. The summed E-state index contributed by atoms with van der Waals surface area (Å²) in [6.07, 6.45) is 5.58. The van der Waals surface area contributed by atoms with Crippen molar-refractivity contribution in [3.63, 3.8) is 0 Å². The summed E-state index contributed by atoms with van der Waals surface area (Å²) in [5.41, 5.74) is 11.6. The first-order chi connectivity index (χ1) is 12.0. The van der Waals surface area contributed by atoms with Crippen molar-refractivity contribution in [3.8, 4) is 0 Å². The molecule has 0 spiro atoms. The van der Waals surface area contributed by atoms with Crippen LogP contribution in [0.15, 0.2) is 54.6 Å². The third-order valence-electron chi connectivity index (χ3n) is 4.49. The molecule has 0 aromatic heterocycles. The van der Waals surface area contributed by atoms with Crippen molar-refractivity contribution in [1.29, 1.82) is 0 Å². The number of rotatable bonds is 2. The zero-order valence-electron chi connectivity index (χ0n) is 17.9. The molecule has 0 aliphatic heterocycles. The van der Waals surface area contributed by atoms with Gasteiger partial charge >= 0.3 is 0 Å². The Morgan fingerprint density at radius 1 is 1.19 bits per heavy atom. The zero-order valence-corrected chi connectivity index (χ0v) is 19.0. The molecule has 1 aromatic carbocycles. The minimum Gasteiger partial charge on any atom is -0.369 e. The lowest BCUT2D eigenvalue weighted by molar-refractivity contribution is -0.125. The Morgan fingerprint density at radius 2 is 1.69 bits per heavy atom. The number of amides is 1. The van der Waals surface area contributed by atoms with Crippen LogP contribution in [0.2, 0.25) is 13.1 Å². The average Bonchev–Trinajstić information content (AvgIpc) is 2.80. The molecule has 2 rings (SSSR count). The summed E-state index contributed by atoms with van der Waals surface area (Å²) < 4.78 is 0. The fourth-order valence-corrected chi connectivity index (χ4v) is 5.04. The quantitative estimate of drug-likeness (QED) is 0.513. The van der Waals surface area contributed by atoms with Crippen LogP contribution < -0.4 is 5.73 Å². The summed E-state index contributed by atoms with van der Waals surface area (Å²) >= 11 is 0. The van der Waals surface area contributed by atoms with Crippen LogP contribution >= 0.6 is 0 Å². The van der Waals surface area contributed by atoms with Crippen LogP contribution in [-0.2, 0) is 4.79 Å². The van der Waals surface area contributed by atoms with E-state index in [0.717, 1.165) is 5.54 Å². The second-order valence-electron chi connectivity index (χ2n) is 7.99. The molecule has 0 radical (unpaired) electrons. The maximum atomic E-state index is 10.2. The SMILES string of the molecule is C=CC=CC.CC(C)(C)C(N)=O.CC1=C(C)C([SiH](C)C)c2ccccc21. The van der Waals surface area contributed by atoms with Gasteiger partial charge in [-0.05, 0) is 43.0 Å². The zero-order chi connectivity index (χ0) is 20.5. The van der Waals surface area contributed by atoms with Crippen LogP contribution in [0.1, 0.15) is 58.2 Å². The van der Waals surface area contributed by atoms with E-state index in [9.17, 15) is 4.79 Å². The first-order valence-electron chi connectivity index (χ1n) is 9.29. The van der Waals surface area contributed by atoms with Crippen molar-refractivity contribution in [2.24, 2.45) is 11.1 Å². The molecule has 1 amide bonds. The van der Waals surface area contributed by atoms with Gasteiger partial charge in [0.1, 0.15) is 0 Å². The highest BCUT2D eigenvalue weighted by Crippen LogP contribution is 2.42. The summed E-state index contributed by atoms with van der Waals surface area (Å²) in [5.74, 6) is -0.257. The van der Waals surface area contributed by atoms with Gasteiger partial charge < -0.3 is 5.73 Å². The lowest BCUT2D eigenvalue weighted by Crippen LogP contribution is -2.27. The van der Waals surface area contributed by atoms with Gasteiger partial charge in [-0.2, -0.15) is 0 Å². The van der Waals surface area contributed by atoms with Crippen molar-refractivity contribution < 1.29 is 4.79 Å². The van der Waals surface area contributed by atoms with E-state index in [2.05, 4.69) is 57.8 Å². The molecule has 1 aliphatic rings. The summed E-state index contributed by atoms with van der Waals surface area (Å²) in [6.45, 7) is 20.3. The predicted molar refractivity (Wildman–Crippen MR) is 120 cm³/mol. The maximum Gasteiger partial charge on any atom is 0.222 e. The number of fused-ring (bicyclic) bond motifs is 1. The Labute approximate surface area is 162 Å². The summed E-state index contributed by atoms with van der Waals surface area (Å²) in [6, 6.07) is 8.91. The van der Waals surface area contributed by atoms with Gasteiger partial charge in [-0.25, -0.2) is 0 Å². The van der Waals surface area contributed by atoms with Gasteiger partial charge in [0.25, 0.3) is 0 Å². The summed E-state index contributed by atoms with van der Waals surface area (Å²) in [7, 11) is -0.614. The highest BCUT2D eigenvalue weighted by molar-refractivity contribution is 6.58. The highest BCUT2D eigenvalue weighted by atomic mass is 28.3. The molecule has 1 aliphatic carbocycles. The van der Waals surface area contributed by atoms with Gasteiger partial charge in [-0.1, -0.05) is 88.5 Å². The maximum absolute atomic E-state index is 10.2. The van der Waals surface area contributed by atoms with Crippen LogP contribution in [0.25, 0.3) is 5.57 Å². The average molecular weight is 372 g/mol. The van der Waals surface area contributed by atoms with Gasteiger partial charge in [0, 0.05) is 14.2 Å². The van der Waals surface area contributed by atoms with Gasteiger partial charge in [0.2, 0.25) is 5.91 Å². The molecule has 1 unspecified atom stereocenters. The van der Waals surface area contributed by atoms with E-state index >= 15 is 0 Å². The molecular weight excluding hydrogens is 334 g/mol. The van der Waals surface area contributed by atoms with Crippen LogP contribution in [0.3, 0.4) is 0 Å². The number of hydrogen-bond acceptors (Lipinski definition) is 1.